The Morgan fingerprint density at radius 3 is 1.62 bits per heavy atom. The SMILES string of the molecule is CC1(C)c2nc3cc4c(cc3nc2C(C)(C)c2nc3cc5n[nH]nc5cc3nc21)N=NC4. The largest absolute Gasteiger partial charge is 0.248 e. The standard InChI is InChI=1S/C23H19N9/c1-22(2)18-19(26-13-6-11-10(9-24-29-11)5-12(13)25-18)23(3,4)21-20(22)27-14-7-16-17(31-32-30-16)8-15(14)28-21/h5-8H,9H2,1-4H3,(H,30,31,32). The van der Waals surface area contributed by atoms with Crippen molar-refractivity contribution in [3.8, 4) is 0 Å². The molecule has 156 valence electrons. The molecule has 0 radical (unpaired) electrons. The maximum Gasteiger partial charge on any atom is 0.115 e. The molecule has 0 unspecified atom stereocenters. The molecule has 9 nitrogen and oxygen atoms in total. The highest BCUT2D eigenvalue weighted by Gasteiger charge is 2.47. The van der Waals surface area contributed by atoms with Gasteiger partial charge in [-0.3, -0.25) is 0 Å². The Balaban J connectivity index is 1.55. The Labute approximate surface area is 182 Å². The summed E-state index contributed by atoms with van der Waals surface area (Å²) in [6.07, 6.45) is 0. The van der Waals surface area contributed by atoms with Gasteiger partial charge in [0, 0.05) is 5.56 Å². The number of fused-ring (bicyclic) bond motifs is 6. The van der Waals surface area contributed by atoms with Crippen LogP contribution in [0.1, 0.15) is 56.0 Å². The van der Waals surface area contributed by atoms with E-state index in [-0.39, 0.29) is 0 Å². The van der Waals surface area contributed by atoms with Gasteiger partial charge in [0.15, 0.2) is 0 Å². The maximum atomic E-state index is 5.12. The van der Waals surface area contributed by atoms with Crippen molar-refractivity contribution < 1.29 is 0 Å². The minimum Gasteiger partial charge on any atom is -0.248 e. The molecule has 1 N–H and O–H groups in total. The van der Waals surface area contributed by atoms with Crippen molar-refractivity contribution in [1.82, 2.24) is 35.3 Å². The monoisotopic (exact) mass is 421 g/mol. The number of azo groups is 1. The Bertz CT molecular complexity index is 1660. The summed E-state index contributed by atoms with van der Waals surface area (Å²) in [5.74, 6) is 0. The predicted molar refractivity (Wildman–Crippen MR) is 119 cm³/mol. The molecular formula is C23H19N9. The summed E-state index contributed by atoms with van der Waals surface area (Å²) in [5.41, 5.74) is 9.56. The summed E-state index contributed by atoms with van der Waals surface area (Å²) in [7, 11) is 0. The molecule has 1 aliphatic heterocycles. The van der Waals surface area contributed by atoms with Crippen LogP contribution in [0.5, 0.6) is 0 Å². The lowest BCUT2D eigenvalue weighted by Gasteiger charge is -2.40. The normalized spacial score (nSPS) is 17.6. The smallest absolute Gasteiger partial charge is 0.115 e. The number of hydrogen-bond acceptors (Lipinski definition) is 8. The van der Waals surface area contributed by atoms with Crippen LogP contribution in [-0.4, -0.2) is 35.3 Å². The third kappa shape index (κ3) is 2.12. The second-order valence-corrected chi connectivity index (χ2v) is 9.61. The number of aromatic amines is 1. The van der Waals surface area contributed by atoms with Gasteiger partial charge in [-0.1, -0.05) is 0 Å². The second-order valence-electron chi connectivity index (χ2n) is 9.61. The van der Waals surface area contributed by atoms with Gasteiger partial charge in [-0.25, -0.2) is 19.9 Å². The number of rotatable bonds is 0. The molecule has 0 spiro atoms. The highest BCUT2D eigenvalue weighted by Crippen LogP contribution is 2.48. The summed E-state index contributed by atoms with van der Waals surface area (Å²) >= 11 is 0. The molecule has 2 aromatic carbocycles. The van der Waals surface area contributed by atoms with Crippen LogP contribution in [0.4, 0.5) is 5.69 Å². The summed E-state index contributed by atoms with van der Waals surface area (Å²) in [4.78, 5) is 20.4. The molecule has 9 heteroatoms. The van der Waals surface area contributed by atoms with Crippen LogP contribution in [0.25, 0.3) is 33.1 Å². The van der Waals surface area contributed by atoms with Crippen molar-refractivity contribution in [2.24, 2.45) is 10.2 Å². The Hall–Kier alpha value is -3.88. The van der Waals surface area contributed by atoms with Crippen molar-refractivity contribution in [1.29, 1.82) is 0 Å². The van der Waals surface area contributed by atoms with E-state index in [4.69, 9.17) is 19.9 Å². The van der Waals surface area contributed by atoms with E-state index >= 15 is 0 Å². The Morgan fingerprint density at radius 2 is 1.09 bits per heavy atom. The zero-order valence-electron chi connectivity index (χ0n) is 18.1. The molecule has 1 aliphatic carbocycles. The second kappa shape index (κ2) is 5.48. The van der Waals surface area contributed by atoms with Crippen molar-refractivity contribution in [3.63, 3.8) is 0 Å². The Kier molecular flexibility index (Phi) is 3.04. The first kappa shape index (κ1) is 17.8. The highest BCUT2D eigenvalue weighted by molar-refractivity contribution is 5.91. The minimum absolute atomic E-state index is 0.463. The third-order valence-electron chi connectivity index (χ3n) is 6.75. The summed E-state index contributed by atoms with van der Waals surface area (Å²) in [5, 5.41) is 19.5. The van der Waals surface area contributed by atoms with E-state index in [0.29, 0.717) is 6.54 Å². The van der Waals surface area contributed by atoms with Gasteiger partial charge in [-0.2, -0.15) is 25.6 Å². The van der Waals surface area contributed by atoms with Gasteiger partial charge in [-0.05, 0) is 52.0 Å². The molecule has 32 heavy (non-hydrogen) atoms. The minimum atomic E-state index is -0.470. The van der Waals surface area contributed by atoms with Crippen LogP contribution in [0, 0.1) is 0 Å². The number of aromatic nitrogens is 7. The number of nitrogens with one attached hydrogen (secondary N) is 1. The average molecular weight is 421 g/mol. The molecule has 0 bridgehead atoms. The molecule has 4 heterocycles. The predicted octanol–water partition coefficient (Wildman–Crippen LogP) is 4.41. The quantitative estimate of drug-likeness (QED) is 0.396. The lowest BCUT2D eigenvalue weighted by molar-refractivity contribution is 0.470. The van der Waals surface area contributed by atoms with Gasteiger partial charge >= 0.3 is 0 Å². The van der Waals surface area contributed by atoms with Crippen LogP contribution in [0.15, 0.2) is 34.5 Å². The van der Waals surface area contributed by atoms with Crippen molar-refractivity contribution >= 4 is 38.8 Å². The van der Waals surface area contributed by atoms with E-state index in [2.05, 4.69) is 59.4 Å². The van der Waals surface area contributed by atoms with Crippen LogP contribution in [-0.2, 0) is 17.4 Å². The lowest BCUT2D eigenvalue weighted by atomic mass is 9.67. The van der Waals surface area contributed by atoms with E-state index < -0.39 is 10.8 Å². The number of benzene rings is 2. The fourth-order valence-corrected chi connectivity index (χ4v) is 4.90. The molecule has 5 aromatic rings. The number of H-pyrrole nitrogens is 1. The maximum absolute atomic E-state index is 5.12. The van der Waals surface area contributed by atoms with Gasteiger partial charge in [0.2, 0.25) is 0 Å². The van der Waals surface area contributed by atoms with Gasteiger partial charge in [0.05, 0.1) is 67.9 Å². The molecule has 0 saturated carbocycles. The molecule has 0 amide bonds. The van der Waals surface area contributed by atoms with Crippen LogP contribution in [0.3, 0.4) is 0 Å². The van der Waals surface area contributed by atoms with Gasteiger partial charge in [0.25, 0.3) is 0 Å². The van der Waals surface area contributed by atoms with Gasteiger partial charge in [0.1, 0.15) is 11.0 Å². The number of hydrogen-bond donors (Lipinski definition) is 1. The highest BCUT2D eigenvalue weighted by atomic mass is 15.3. The van der Waals surface area contributed by atoms with Crippen molar-refractivity contribution in [2.75, 3.05) is 0 Å². The topological polar surface area (TPSA) is 118 Å². The van der Waals surface area contributed by atoms with Crippen molar-refractivity contribution in [2.45, 2.75) is 45.1 Å². The van der Waals surface area contributed by atoms with E-state index in [0.717, 1.165) is 67.1 Å². The molecule has 2 aliphatic rings. The molecule has 7 rings (SSSR count). The zero-order chi connectivity index (χ0) is 21.8. The fraction of sp³-hybridized carbons (Fsp3) is 0.304. The summed E-state index contributed by atoms with van der Waals surface area (Å²) < 4.78 is 0. The Morgan fingerprint density at radius 1 is 0.625 bits per heavy atom. The first-order chi connectivity index (χ1) is 15.3. The fourth-order valence-electron chi connectivity index (χ4n) is 4.90. The average Bonchev–Trinajstić information content (AvgIpc) is 3.41. The van der Waals surface area contributed by atoms with E-state index in [1.54, 1.807) is 0 Å². The van der Waals surface area contributed by atoms with Crippen LogP contribution >= 0.6 is 0 Å². The van der Waals surface area contributed by atoms with E-state index in [1.165, 1.54) is 0 Å². The van der Waals surface area contributed by atoms with Crippen molar-refractivity contribution in [3.05, 3.63) is 52.6 Å². The van der Waals surface area contributed by atoms with E-state index in [1.807, 2.05) is 18.2 Å². The van der Waals surface area contributed by atoms with Crippen LogP contribution < -0.4 is 0 Å². The lowest BCUT2D eigenvalue weighted by Crippen LogP contribution is -2.40. The first-order valence-corrected chi connectivity index (χ1v) is 10.6. The molecule has 3 aromatic heterocycles. The third-order valence-corrected chi connectivity index (χ3v) is 6.75. The number of nitrogens with zero attached hydrogens (tertiary/aromatic N) is 8. The zero-order valence-corrected chi connectivity index (χ0v) is 18.1. The van der Waals surface area contributed by atoms with Gasteiger partial charge < -0.3 is 0 Å². The van der Waals surface area contributed by atoms with E-state index in [9.17, 15) is 0 Å². The van der Waals surface area contributed by atoms with Gasteiger partial charge in [-0.15, -0.1) is 0 Å². The molecule has 0 fully saturated rings. The molecular weight excluding hydrogens is 402 g/mol. The summed E-state index contributed by atoms with van der Waals surface area (Å²) in [6.45, 7) is 9.17. The molecule has 0 atom stereocenters. The summed E-state index contributed by atoms with van der Waals surface area (Å²) in [6, 6.07) is 7.91. The van der Waals surface area contributed by atoms with Crippen LogP contribution in [0.2, 0.25) is 0 Å². The molecule has 0 saturated heterocycles. The first-order valence-electron chi connectivity index (χ1n) is 10.6.